The second-order valence-electron chi connectivity index (χ2n) is 3.87. The number of nitrogen functional groups attached to an aromatic ring is 1. The molecule has 0 bridgehead atoms. The molecule has 1 aromatic carbocycles. The first-order valence-corrected chi connectivity index (χ1v) is 5.69. The summed E-state index contributed by atoms with van der Waals surface area (Å²) in [6.45, 7) is 0. The van der Waals surface area contributed by atoms with Gasteiger partial charge in [0.05, 0.1) is 0 Å². The molecule has 0 saturated heterocycles. The third-order valence-corrected chi connectivity index (χ3v) is 2.29. The minimum absolute atomic E-state index is 0.000856. The topological polar surface area (TPSA) is 81.2 Å². The Balaban J connectivity index is 2.27. The summed E-state index contributed by atoms with van der Waals surface area (Å²) in [6.07, 6.45) is -4.83. The number of pyridine rings is 1. The number of aromatic nitrogens is 1. The minimum atomic E-state index is -4.83. The Labute approximate surface area is 117 Å². The van der Waals surface area contributed by atoms with Gasteiger partial charge in [-0.25, -0.2) is 4.98 Å². The van der Waals surface area contributed by atoms with E-state index in [-0.39, 0.29) is 23.2 Å². The van der Waals surface area contributed by atoms with Crippen LogP contribution in [0.3, 0.4) is 0 Å². The second-order valence-corrected chi connectivity index (χ2v) is 3.87. The molecule has 3 N–H and O–H groups in total. The summed E-state index contributed by atoms with van der Waals surface area (Å²) in [6, 6.07) is 9.73. The summed E-state index contributed by atoms with van der Waals surface area (Å²) in [4.78, 5) is 3.90. The van der Waals surface area contributed by atoms with Gasteiger partial charge in [-0.15, -0.1) is 13.2 Å². The van der Waals surface area contributed by atoms with E-state index < -0.39 is 12.1 Å². The van der Waals surface area contributed by atoms with Crippen molar-refractivity contribution in [3.63, 3.8) is 0 Å². The van der Waals surface area contributed by atoms with Crippen molar-refractivity contribution < 1.29 is 22.6 Å². The number of para-hydroxylation sites is 2. The van der Waals surface area contributed by atoms with Crippen LogP contribution in [0.15, 0.2) is 42.5 Å². The van der Waals surface area contributed by atoms with Crippen molar-refractivity contribution in [2.45, 2.75) is 6.36 Å². The van der Waals surface area contributed by atoms with Gasteiger partial charge >= 0.3 is 6.36 Å². The van der Waals surface area contributed by atoms with E-state index in [2.05, 4.69) is 9.72 Å². The summed E-state index contributed by atoms with van der Waals surface area (Å²) in [5, 5.41) is 7.26. The van der Waals surface area contributed by atoms with Crippen LogP contribution in [0.25, 0.3) is 0 Å². The Morgan fingerprint density at radius 2 is 1.71 bits per heavy atom. The van der Waals surface area contributed by atoms with Crippen LogP contribution >= 0.6 is 0 Å². The summed E-state index contributed by atoms with van der Waals surface area (Å²) in [5.41, 5.74) is 5.44. The first-order valence-electron chi connectivity index (χ1n) is 5.69. The third kappa shape index (κ3) is 4.10. The van der Waals surface area contributed by atoms with Crippen molar-refractivity contribution in [3.8, 4) is 17.4 Å². The molecule has 0 unspecified atom stereocenters. The molecule has 2 aromatic rings. The molecule has 5 nitrogen and oxygen atoms in total. The minimum Gasteiger partial charge on any atom is -0.435 e. The average molecular weight is 297 g/mol. The number of amidine groups is 1. The van der Waals surface area contributed by atoms with E-state index in [1.54, 1.807) is 0 Å². The molecule has 110 valence electrons. The van der Waals surface area contributed by atoms with E-state index in [0.717, 1.165) is 6.07 Å². The van der Waals surface area contributed by atoms with Gasteiger partial charge in [-0.3, -0.25) is 5.41 Å². The van der Waals surface area contributed by atoms with Crippen LogP contribution in [0, 0.1) is 5.41 Å². The van der Waals surface area contributed by atoms with Gasteiger partial charge in [-0.1, -0.05) is 18.2 Å². The standard InChI is InChI=1S/C13H10F3N3O2/c14-13(15,16)21-10-6-2-1-5-9(10)20-11-7-3-4-8(19-11)12(17)18/h1-7H,(H3,17,18). The summed E-state index contributed by atoms with van der Waals surface area (Å²) in [7, 11) is 0. The van der Waals surface area contributed by atoms with Crippen LogP contribution in [-0.2, 0) is 0 Å². The Hall–Kier alpha value is -2.77. The molecule has 0 amide bonds. The Kier molecular flexibility index (Phi) is 3.97. The number of alkyl halides is 3. The Morgan fingerprint density at radius 3 is 2.33 bits per heavy atom. The van der Waals surface area contributed by atoms with Gasteiger partial charge in [-0.05, 0) is 18.2 Å². The van der Waals surface area contributed by atoms with E-state index in [1.165, 1.54) is 36.4 Å². The van der Waals surface area contributed by atoms with Crippen molar-refractivity contribution in [3.05, 3.63) is 48.2 Å². The van der Waals surface area contributed by atoms with E-state index in [0.29, 0.717) is 0 Å². The van der Waals surface area contributed by atoms with Crippen LogP contribution < -0.4 is 15.2 Å². The molecule has 21 heavy (non-hydrogen) atoms. The van der Waals surface area contributed by atoms with Crippen LogP contribution in [0.5, 0.6) is 17.4 Å². The zero-order chi connectivity index (χ0) is 15.5. The second kappa shape index (κ2) is 5.70. The van der Waals surface area contributed by atoms with Gasteiger partial charge in [0.15, 0.2) is 11.5 Å². The number of hydrogen-bond donors (Lipinski definition) is 2. The number of halogens is 3. The summed E-state index contributed by atoms with van der Waals surface area (Å²) >= 11 is 0. The van der Waals surface area contributed by atoms with Gasteiger partial charge in [0.25, 0.3) is 0 Å². The molecular formula is C13H10F3N3O2. The van der Waals surface area contributed by atoms with Crippen LogP contribution in [0.2, 0.25) is 0 Å². The molecule has 0 aliphatic rings. The molecule has 1 aromatic heterocycles. The number of nitrogens with zero attached hydrogens (tertiary/aromatic N) is 1. The van der Waals surface area contributed by atoms with Crippen molar-refractivity contribution in [1.82, 2.24) is 4.98 Å². The number of nitrogens with one attached hydrogen (secondary N) is 1. The molecule has 0 saturated carbocycles. The first-order chi connectivity index (χ1) is 9.85. The maximum atomic E-state index is 12.3. The highest BCUT2D eigenvalue weighted by Gasteiger charge is 2.32. The van der Waals surface area contributed by atoms with Crippen LogP contribution in [0.1, 0.15) is 5.69 Å². The average Bonchev–Trinajstić information content (AvgIpc) is 2.40. The molecule has 0 aliphatic heterocycles. The normalized spacial score (nSPS) is 11.0. The molecule has 0 radical (unpaired) electrons. The van der Waals surface area contributed by atoms with Crippen molar-refractivity contribution >= 4 is 5.84 Å². The van der Waals surface area contributed by atoms with Crippen molar-refractivity contribution in [1.29, 1.82) is 5.41 Å². The molecule has 0 atom stereocenters. The zero-order valence-corrected chi connectivity index (χ0v) is 10.5. The lowest BCUT2D eigenvalue weighted by atomic mass is 10.3. The number of hydrogen-bond acceptors (Lipinski definition) is 4. The number of nitrogens with two attached hydrogens (primary N) is 1. The van der Waals surface area contributed by atoms with E-state index in [4.69, 9.17) is 15.9 Å². The molecule has 0 fully saturated rings. The summed E-state index contributed by atoms with van der Waals surface area (Å²) < 4.78 is 46.0. The largest absolute Gasteiger partial charge is 0.573 e. The van der Waals surface area contributed by atoms with E-state index >= 15 is 0 Å². The Morgan fingerprint density at radius 1 is 1.05 bits per heavy atom. The molecule has 2 rings (SSSR count). The maximum Gasteiger partial charge on any atom is 0.573 e. The SMILES string of the molecule is N=C(N)c1cccc(Oc2ccccc2OC(F)(F)F)n1. The number of rotatable bonds is 4. The fourth-order valence-electron chi connectivity index (χ4n) is 1.48. The number of benzene rings is 1. The van der Waals surface area contributed by atoms with Gasteiger partial charge in [0.1, 0.15) is 11.5 Å². The van der Waals surface area contributed by atoms with E-state index in [9.17, 15) is 13.2 Å². The third-order valence-electron chi connectivity index (χ3n) is 2.29. The smallest absolute Gasteiger partial charge is 0.435 e. The highest BCUT2D eigenvalue weighted by molar-refractivity contribution is 5.93. The van der Waals surface area contributed by atoms with Crippen molar-refractivity contribution in [2.75, 3.05) is 0 Å². The fourth-order valence-corrected chi connectivity index (χ4v) is 1.48. The predicted molar refractivity (Wildman–Crippen MR) is 68.5 cm³/mol. The fraction of sp³-hybridized carbons (Fsp3) is 0.0769. The molecular weight excluding hydrogens is 287 g/mol. The quantitative estimate of drug-likeness (QED) is 0.671. The highest BCUT2D eigenvalue weighted by atomic mass is 19.4. The lowest BCUT2D eigenvalue weighted by Gasteiger charge is -2.13. The monoisotopic (exact) mass is 297 g/mol. The zero-order valence-electron chi connectivity index (χ0n) is 10.5. The van der Waals surface area contributed by atoms with Crippen LogP contribution in [-0.4, -0.2) is 17.2 Å². The maximum absolute atomic E-state index is 12.3. The lowest BCUT2D eigenvalue weighted by molar-refractivity contribution is -0.275. The molecule has 0 aliphatic carbocycles. The molecule has 0 spiro atoms. The lowest BCUT2D eigenvalue weighted by Crippen LogP contribution is -2.17. The molecule has 1 heterocycles. The first kappa shape index (κ1) is 14.6. The van der Waals surface area contributed by atoms with Gasteiger partial charge in [-0.2, -0.15) is 0 Å². The molecule has 8 heteroatoms. The summed E-state index contributed by atoms with van der Waals surface area (Å²) in [5.74, 6) is -0.913. The van der Waals surface area contributed by atoms with Gasteiger partial charge in [0.2, 0.25) is 5.88 Å². The van der Waals surface area contributed by atoms with E-state index in [1.807, 2.05) is 0 Å². The number of ether oxygens (including phenoxy) is 2. The van der Waals surface area contributed by atoms with Gasteiger partial charge < -0.3 is 15.2 Å². The van der Waals surface area contributed by atoms with Crippen molar-refractivity contribution in [2.24, 2.45) is 5.73 Å². The Bertz CT molecular complexity index is 659. The van der Waals surface area contributed by atoms with Gasteiger partial charge in [0, 0.05) is 6.07 Å². The highest BCUT2D eigenvalue weighted by Crippen LogP contribution is 2.34. The predicted octanol–water partition coefficient (Wildman–Crippen LogP) is 3.06. The van der Waals surface area contributed by atoms with Crippen LogP contribution in [0.4, 0.5) is 13.2 Å².